The van der Waals surface area contributed by atoms with Crippen molar-refractivity contribution in [3.8, 4) is 5.75 Å². The summed E-state index contributed by atoms with van der Waals surface area (Å²) in [7, 11) is 0. The Morgan fingerprint density at radius 2 is 1.78 bits per heavy atom. The molecule has 41 heavy (non-hydrogen) atoms. The highest BCUT2D eigenvalue weighted by molar-refractivity contribution is 6.25. The predicted molar refractivity (Wildman–Crippen MR) is 146 cm³/mol. The zero-order chi connectivity index (χ0) is 29.0. The number of carboxylic acids is 1. The van der Waals surface area contributed by atoms with Crippen molar-refractivity contribution in [1.82, 2.24) is 0 Å². The van der Waals surface area contributed by atoms with Crippen LogP contribution in [0.15, 0.2) is 83.0 Å². The van der Waals surface area contributed by atoms with E-state index < -0.39 is 41.5 Å². The number of hydrogen-bond acceptors (Lipinski definition) is 7. The van der Waals surface area contributed by atoms with E-state index in [4.69, 9.17) is 9.84 Å². The summed E-state index contributed by atoms with van der Waals surface area (Å²) in [5.41, 5.74) is 2.86. The molecule has 0 bridgehead atoms. The number of ketones is 2. The van der Waals surface area contributed by atoms with E-state index in [1.807, 2.05) is 18.2 Å². The molecule has 0 spiro atoms. The van der Waals surface area contributed by atoms with Crippen LogP contribution in [0.1, 0.15) is 41.6 Å². The SMILES string of the molecule is CC1=CC(=O)C2=C(C1=O)[C@@H](c1ccc(OCCO)cc1)C1=CC[C@@H]3C(=O)N(c4cccc(C(=O)O)c4)C(=O)[C@@H]3[C@@H]1C2. The maximum absolute atomic E-state index is 13.9. The van der Waals surface area contributed by atoms with Crippen LogP contribution in [0.4, 0.5) is 5.69 Å². The number of Topliss-reactive ketones (excluding diaryl/α,β-unsaturated/α-hetero) is 1. The summed E-state index contributed by atoms with van der Waals surface area (Å²) in [5.74, 6) is -4.43. The fraction of sp³-hybridized carbons (Fsp3) is 0.281. The van der Waals surface area contributed by atoms with Gasteiger partial charge in [-0.2, -0.15) is 0 Å². The van der Waals surface area contributed by atoms with Gasteiger partial charge in [0.15, 0.2) is 11.6 Å². The molecule has 1 aliphatic heterocycles. The lowest BCUT2D eigenvalue weighted by molar-refractivity contribution is -0.123. The third-order valence-corrected chi connectivity index (χ3v) is 8.49. The molecule has 4 aliphatic rings. The molecule has 4 atom stereocenters. The fourth-order valence-electron chi connectivity index (χ4n) is 6.69. The number of aromatic carboxylic acids is 1. The number of nitrogens with zero attached hydrogens (tertiary/aromatic N) is 1. The molecule has 2 aromatic rings. The third kappa shape index (κ3) is 4.24. The minimum atomic E-state index is -1.17. The zero-order valence-corrected chi connectivity index (χ0v) is 22.2. The van der Waals surface area contributed by atoms with Crippen molar-refractivity contribution < 1.29 is 38.9 Å². The van der Waals surface area contributed by atoms with Gasteiger partial charge in [0.05, 0.1) is 29.7 Å². The second-order valence-corrected chi connectivity index (χ2v) is 10.7. The van der Waals surface area contributed by atoms with E-state index in [1.165, 1.54) is 30.3 Å². The lowest BCUT2D eigenvalue weighted by Crippen LogP contribution is -2.39. The second-order valence-electron chi connectivity index (χ2n) is 10.7. The lowest BCUT2D eigenvalue weighted by Gasteiger charge is -2.42. The number of imide groups is 1. The van der Waals surface area contributed by atoms with Gasteiger partial charge in [0, 0.05) is 22.6 Å². The number of carboxylic acid groups (broad SMARTS) is 1. The van der Waals surface area contributed by atoms with Crippen LogP contribution in [0.3, 0.4) is 0 Å². The van der Waals surface area contributed by atoms with Gasteiger partial charge < -0.3 is 14.9 Å². The first-order valence-corrected chi connectivity index (χ1v) is 13.5. The van der Waals surface area contributed by atoms with Crippen LogP contribution in [-0.4, -0.2) is 52.8 Å². The molecule has 2 amide bonds. The van der Waals surface area contributed by atoms with Crippen LogP contribution in [0.2, 0.25) is 0 Å². The molecule has 6 rings (SSSR count). The van der Waals surface area contributed by atoms with E-state index in [9.17, 15) is 29.1 Å². The first-order valence-electron chi connectivity index (χ1n) is 13.5. The van der Waals surface area contributed by atoms with Gasteiger partial charge in [-0.15, -0.1) is 0 Å². The topological polar surface area (TPSA) is 138 Å². The molecule has 0 saturated carbocycles. The van der Waals surface area contributed by atoms with Crippen LogP contribution >= 0.6 is 0 Å². The molecule has 1 fully saturated rings. The molecule has 9 nitrogen and oxygen atoms in total. The number of benzene rings is 2. The molecule has 0 unspecified atom stereocenters. The maximum atomic E-state index is 13.9. The molecule has 3 aliphatic carbocycles. The summed E-state index contributed by atoms with van der Waals surface area (Å²) in [6.45, 7) is 1.62. The second kappa shape index (κ2) is 10.1. The highest BCUT2D eigenvalue weighted by atomic mass is 16.5. The number of amides is 2. The van der Waals surface area contributed by atoms with Gasteiger partial charge in [0.2, 0.25) is 11.8 Å². The van der Waals surface area contributed by atoms with E-state index in [-0.39, 0.29) is 48.9 Å². The van der Waals surface area contributed by atoms with E-state index in [2.05, 4.69) is 0 Å². The van der Waals surface area contributed by atoms with Gasteiger partial charge >= 0.3 is 5.97 Å². The summed E-state index contributed by atoms with van der Waals surface area (Å²) in [4.78, 5) is 66.9. The van der Waals surface area contributed by atoms with Gasteiger partial charge in [-0.05, 0) is 67.7 Å². The average molecular weight is 554 g/mol. The fourth-order valence-corrected chi connectivity index (χ4v) is 6.69. The number of aliphatic hydroxyl groups is 1. The first kappa shape index (κ1) is 26.6. The van der Waals surface area contributed by atoms with Gasteiger partial charge in [0.25, 0.3) is 0 Å². The number of fused-ring (bicyclic) bond motifs is 3. The Morgan fingerprint density at radius 3 is 2.49 bits per heavy atom. The van der Waals surface area contributed by atoms with Crippen molar-refractivity contribution in [1.29, 1.82) is 0 Å². The van der Waals surface area contributed by atoms with Crippen molar-refractivity contribution >= 4 is 35.0 Å². The minimum absolute atomic E-state index is 0.0378. The number of anilines is 1. The molecular formula is C32H27NO8. The summed E-state index contributed by atoms with van der Waals surface area (Å²) in [6.07, 6.45) is 3.71. The highest BCUT2D eigenvalue weighted by Crippen LogP contribution is 2.55. The first-order chi connectivity index (χ1) is 19.7. The molecule has 0 aromatic heterocycles. The van der Waals surface area contributed by atoms with Gasteiger partial charge in [-0.3, -0.25) is 24.1 Å². The Bertz CT molecular complexity index is 1610. The average Bonchev–Trinajstić information content (AvgIpc) is 3.23. The molecular weight excluding hydrogens is 526 g/mol. The highest BCUT2D eigenvalue weighted by Gasteiger charge is 2.56. The largest absolute Gasteiger partial charge is 0.491 e. The van der Waals surface area contributed by atoms with Crippen LogP contribution in [0.25, 0.3) is 0 Å². The number of ether oxygens (including phenoxy) is 1. The zero-order valence-electron chi connectivity index (χ0n) is 22.2. The number of carbonyl (C=O) groups is 5. The summed E-state index contributed by atoms with van der Waals surface area (Å²) in [6, 6.07) is 12.8. The monoisotopic (exact) mass is 553 g/mol. The van der Waals surface area contributed by atoms with E-state index in [0.717, 1.165) is 16.0 Å². The quantitative estimate of drug-likeness (QED) is 0.315. The van der Waals surface area contributed by atoms with Crippen molar-refractivity contribution in [2.75, 3.05) is 18.1 Å². The predicted octanol–water partition coefficient (Wildman–Crippen LogP) is 3.39. The Balaban J connectivity index is 1.43. The number of aliphatic hydroxyl groups excluding tert-OH is 1. The Kier molecular flexibility index (Phi) is 6.54. The maximum Gasteiger partial charge on any atom is 0.335 e. The van der Waals surface area contributed by atoms with Crippen molar-refractivity contribution in [3.05, 3.63) is 94.1 Å². The summed E-state index contributed by atoms with van der Waals surface area (Å²) < 4.78 is 5.49. The normalized spacial score (nSPS) is 25.4. The molecule has 1 heterocycles. The molecule has 1 saturated heterocycles. The smallest absolute Gasteiger partial charge is 0.335 e. The van der Waals surface area contributed by atoms with E-state index >= 15 is 0 Å². The number of carbonyl (C=O) groups excluding carboxylic acids is 4. The van der Waals surface area contributed by atoms with Crippen LogP contribution in [0.5, 0.6) is 5.75 Å². The molecule has 2 aromatic carbocycles. The lowest BCUT2D eigenvalue weighted by atomic mass is 9.59. The molecule has 0 radical (unpaired) electrons. The van der Waals surface area contributed by atoms with Crippen LogP contribution in [-0.2, 0) is 19.2 Å². The van der Waals surface area contributed by atoms with Crippen molar-refractivity contribution in [2.45, 2.75) is 25.7 Å². The molecule has 2 N–H and O–H groups in total. The number of hydrogen-bond donors (Lipinski definition) is 2. The van der Waals surface area contributed by atoms with E-state index in [0.29, 0.717) is 22.5 Å². The Hall–Kier alpha value is -4.63. The molecule has 208 valence electrons. The van der Waals surface area contributed by atoms with Gasteiger partial charge in [0.1, 0.15) is 12.4 Å². The van der Waals surface area contributed by atoms with Crippen molar-refractivity contribution in [2.24, 2.45) is 17.8 Å². The molecule has 9 heteroatoms. The standard InChI is InChI=1S/C32H27NO8/c1-16-13-25(35)24-15-23-21(26(28(24)29(16)36)17-5-7-20(8-6-17)41-12-11-34)9-10-22-27(23)31(38)33(30(22)37)19-4-2-3-18(14-19)32(39)40/h2-9,13-14,22-23,26-27,34H,10-12,15H2,1H3,(H,39,40)/t22-,23+,26-,27-/m0/s1. The minimum Gasteiger partial charge on any atom is -0.491 e. The van der Waals surface area contributed by atoms with Gasteiger partial charge in [-0.25, -0.2) is 4.79 Å². The van der Waals surface area contributed by atoms with Gasteiger partial charge in [-0.1, -0.05) is 29.8 Å². The number of rotatable bonds is 6. The van der Waals surface area contributed by atoms with Crippen LogP contribution in [0, 0.1) is 17.8 Å². The third-order valence-electron chi connectivity index (χ3n) is 8.49. The van der Waals surface area contributed by atoms with Crippen molar-refractivity contribution in [3.63, 3.8) is 0 Å². The summed E-state index contributed by atoms with van der Waals surface area (Å²) >= 11 is 0. The number of allylic oxidation sites excluding steroid dienone is 6. The van der Waals surface area contributed by atoms with E-state index in [1.54, 1.807) is 19.1 Å². The van der Waals surface area contributed by atoms with Crippen LogP contribution < -0.4 is 9.64 Å². The summed E-state index contributed by atoms with van der Waals surface area (Å²) in [5, 5.41) is 18.5. The Morgan fingerprint density at radius 1 is 1.02 bits per heavy atom. The Labute approximate surface area is 235 Å².